The second-order valence-electron chi connectivity index (χ2n) is 7.66. The molecule has 5 nitrogen and oxygen atoms in total. The third kappa shape index (κ3) is 4.02. The van der Waals surface area contributed by atoms with Gasteiger partial charge in [0.05, 0.1) is 23.8 Å². The van der Waals surface area contributed by atoms with Crippen LogP contribution in [0, 0.1) is 5.92 Å². The summed E-state index contributed by atoms with van der Waals surface area (Å²) >= 11 is 2.83. The number of thioether (sulfide) groups is 1. The van der Waals surface area contributed by atoms with Crippen molar-refractivity contribution in [2.75, 3.05) is 5.75 Å². The number of rotatable bonds is 7. The molecule has 1 aliphatic rings. The number of allylic oxidation sites excluding steroid dienone is 1. The van der Waals surface area contributed by atoms with Crippen LogP contribution in [0.25, 0.3) is 10.2 Å². The smallest absolute Gasteiger partial charge is 0.263 e. The third-order valence-electron chi connectivity index (χ3n) is 5.28. The van der Waals surface area contributed by atoms with Crippen LogP contribution < -0.4 is 5.56 Å². The molecule has 1 aliphatic heterocycles. The van der Waals surface area contributed by atoms with Gasteiger partial charge in [0.15, 0.2) is 10.9 Å². The summed E-state index contributed by atoms with van der Waals surface area (Å²) < 4.78 is 7.61. The van der Waals surface area contributed by atoms with Gasteiger partial charge >= 0.3 is 0 Å². The van der Waals surface area contributed by atoms with Crippen LogP contribution in [0.1, 0.15) is 34.6 Å². The number of fused-ring (bicyclic) bond motifs is 3. The minimum Gasteiger partial charge on any atom is -0.372 e. The molecular weight excluding hydrogens is 416 g/mol. The molecule has 30 heavy (non-hydrogen) atoms. The Kier molecular flexibility index (Phi) is 6.22. The quantitative estimate of drug-likeness (QED) is 0.230. The molecule has 0 bridgehead atoms. The standard InChI is InChI=1S/C23H24N2O3S2/c1-4-10-25-22(27)20-16-11-18(14(2)3)28-12-19(16)30-21(20)24-23(25)29-13-17(26)15-8-6-5-7-9-15/h4-9,14,18H,1,10-13H2,2-3H3/t18-/m0/s1. The average molecular weight is 441 g/mol. The van der Waals surface area contributed by atoms with Gasteiger partial charge < -0.3 is 4.74 Å². The molecule has 1 atom stereocenters. The molecule has 0 saturated carbocycles. The van der Waals surface area contributed by atoms with Gasteiger partial charge in [0.2, 0.25) is 0 Å². The highest BCUT2D eigenvalue weighted by Gasteiger charge is 2.28. The lowest BCUT2D eigenvalue weighted by molar-refractivity contribution is 0.00200. The number of carbonyl (C=O) groups excluding carboxylic acids is 1. The van der Waals surface area contributed by atoms with Gasteiger partial charge in [0, 0.05) is 23.4 Å². The van der Waals surface area contributed by atoms with E-state index in [2.05, 4.69) is 20.4 Å². The number of benzene rings is 1. The highest BCUT2D eigenvalue weighted by molar-refractivity contribution is 7.99. The van der Waals surface area contributed by atoms with Crippen molar-refractivity contribution in [3.63, 3.8) is 0 Å². The molecule has 0 radical (unpaired) electrons. The number of carbonyl (C=O) groups is 1. The molecular formula is C23H24N2O3S2. The van der Waals surface area contributed by atoms with E-state index in [0.717, 1.165) is 21.7 Å². The Morgan fingerprint density at radius 1 is 1.40 bits per heavy atom. The summed E-state index contributed by atoms with van der Waals surface area (Å²) in [5.74, 6) is 0.622. The van der Waals surface area contributed by atoms with Crippen LogP contribution in [0.15, 0.2) is 52.9 Å². The van der Waals surface area contributed by atoms with Gasteiger partial charge in [-0.1, -0.05) is 62.0 Å². The number of thiophene rings is 1. The fourth-order valence-corrected chi connectivity index (χ4v) is 5.67. The summed E-state index contributed by atoms with van der Waals surface area (Å²) in [6.07, 6.45) is 2.54. The van der Waals surface area contributed by atoms with Gasteiger partial charge in [0.25, 0.3) is 5.56 Å². The topological polar surface area (TPSA) is 61.2 Å². The van der Waals surface area contributed by atoms with Crippen molar-refractivity contribution >= 4 is 39.1 Å². The first-order valence-corrected chi connectivity index (χ1v) is 11.8. The van der Waals surface area contributed by atoms with E-state index in [4.69, 9.17) is 9.72 Å². The van der Waals surface area contributed by atoms with Gasteiger partial charge in [-0.2, -0.15) is 0 Å². The lowest BCUT2D eigenvalue weighted by Crippen LogP contribution is -2.28. The number of hydrogen-bond acceptors (Lipinski definition) is 6. The fraction of sp³-hybridized carbons (Fsp3) is 0.348. The van der Waals surface area contributed by atoms with E-state index in [1.165, 1.54) is 23.1 Å². The van der Waals surface area contributed by atoms with Crippen LogP contribution >= 0.6 is 23.1 Å². The minimum absolute atomic E-state index is 0.0127. The number of hydrogen-bond donors (Lipinski definition) is 0. The van der Waals surface area contributed by atoms with Crippen LogP contribution in [0.2, 0.25) is 0 Å². The van der Waals surface area contributed by atoms with Crippen molar-refractivity contribution in [2.45, 2.75) is 44.7 Å². The summed E-state index contributed by atoms with van der Waals surface area (Å²) in [5, 5.41) is 1.25. The zero-order chi connectivity index (χ0) is 21.3. The lowest BCUT2D eigenvalue weighted by Gasteiger charge is -2.26. The maximum absolute atomic E-state index is 13.4. The van der Waals surface area contributed by atoms with Crippen LogP contribution in [0.5, 0.6) is 0 Å². The molecule has 0 fully saturated rings. The van der Waals surface area contributed by atoms with Gasteiger partial charge in [-0.3, -0.25) is 14.2 Å². The Hall–Kier alpha value is -2.22. The van der Waals surface area contributed by atoms with Crippen molar-refractivity contribution in [3.05, 3.63) is 69.3 Å². The van der Waals surface area contributed by atoms with Crippen LogP contribution in [0.4, 0.5) is 0 Å². The summed E-state index contributed by atoms with van der Waals surface area (Å²) in [4.78, 5) is 32.5. The predicted molar refractivity (Wildman–Crippen MR) is 123 cm³/mol. The van der Waals surface area contributed by atoms with E-state index < -0.39 is 0 Å². The minimum atomic E-state index is -0.0588. The Balaban J connectivity index is 1.70. The van der Waals surface area contributed by atoms with Crippen LogP contribution in [-0.4, -0.2) is 27.2 Å². The molecule has 0 N–H and O–H groups in total. The zero-order valence-corrected chi connectivity index (χ0v) is 18.7. The van der Waals surface area contributed by atoms with Crippen molar-refractivity contribution < 1.29 is 9.53 Å². The number of ether oxygens (including phenoxy) is 1. The highest BCUT2D eigenvalue weighted by Crippen LogP contribution is 2.35. The van der Waals surface area contributed by atoms with Gasteiger partial charge in [-0.25, -0.2) is 4.98 Å². The Morgan fingerprint density at radius 2 is 2.17 bits per heavy atom. The van der Waals surface area contributed by atoms with E-state index in [0.29, 0.717) is 35.2 Å². The molecule has 156 valence electrons. The first kappa shape index (κ1) is 21.0. The van der Waals surface area contributed by atoms with Crippen LogP contribution in [0.3, 0.4) is 0 Å². The highest BCUT2D eigenvalue weighted by atomic mass is 32.2. The normalized spacial score (nSPS) is 16.0. The SMILES string of the molecule is C=CCn1c(SCC(=O)c2ccccc2)nc2sc3c(c2c1=O)C[C@@H](C(C)C)OC3. The largest absolute Gasteiger partial charge is 0.372 e. The molecule has 3 aromatic rings. The molecule has 0 spiro atoms. The van der Waals surface area contributed by atoms with E-state index in [1.807, 2.05) is 18.2 Å². The second-order valence-corrected chi connectivity index (χ2v) is 9.68. The average Bonchev–Trinajstić information content (AvgIpc) is 3.12. The van der Waals surface area contributed by atoms with E-state index in [1.54, 1.807) is 22.8 Å². The molecule has 0 unspecified atom stereocenters. The van der Waals surface area contributed by atoms with E-state index in [9.17, 15) is 9.59 Å². The first-order valence-electron chi connectivity index (χ1n) is 9.98. The molecule has 3 heterocycles. The number of nitrogens with zero attached hydrogens (tertiary/aromatic N) is 2. The maximum atomic E-state index is 13.4. The first-order chi connectivity index (χ1) is 14.5. The predicted octanol–water partition coefficient (Wildman–Crippen LogP) is 4.72. The molecule has 1 aromatic carbocycles. The Morgan fingerprint density at radius 3 is 2.87 bits per heavy atom. The number of Topliss-reactive ketones (excluding diaryl/α,β-unsaturated/α-hetero) is 1. The van der Waals surface area contributed by atoms with Crippen molar-refractivity contribution in [2.24, 2.45) is 5.92 Å². The number of aromatic nitrogens is 2. The zero-order valence-electron chi connectivity index (χ0n) is 17.1. The molecule has 4 rings (SSSR count). The lowest BCUT2D eigenvalue weighted by atomic mass is 9.96. The third-order valence-corrected chi connectivity index (χ3v) is 7.35. The summed E-state index contributed by atoms with van der Waals surface area (Å²) in [6.45, 7) is 8.94. The Labute approximate surface area is 183 Å². The number of ketones is 1. The Bertz CT molecular complexity index is 1150. The van der Waals surface area contributed by atoms with Crippen molar-refractivity contribution in [3.8, 4) is 0 Å². The summed E-state index contributed by atoms with van der Waals surface area (Å²) in [5.41, 5.74) is 1.68. The van der Waals surface area contributed by atoms with E-state index >= 15 is 0 Å². The van der Waals surface area contributed by atoms with Gasteiger partial charge in [0.1, 0.15) is 4.83 Å². The summed E-state index contributed by atoms with van der Waals surface area (Å²) in [7, 11) is 0. The molecule has 7 heteroatoms. The van der Waals surface area contributed by atoms with Crippen LogP contribution in [-0.2, 0) is 24.3 Å². The van der Waals surface area contributed by atoms with E-state index in [-0.39, 0.29) is 23.2 Å². The molecule has 2 aromatic heterocycles. The second kappa shape index (κ2) is 8.88. The fourth-order valence-electron chi connectivity index (χ4n) is 3.61. The molecule has 0 saturated heterocycles. The van der Waals surface area contributed by atoms with Gasteiger partial charge in [-0.05, 0) is 11.5 Å². The summed E-state index contributed by atoms with van der Waals surface area (Å²) in [6, 6.07) is 9.17. The monoisotopic (exact) mass is 440 g/mol. The van der Waals surface area contributed by atoms with Crippen molar-refractivity contribution in [1.82, 2.24) is 9.55 Å². The molecule has 0 aliphatic carbocycles. The van der Waals surface area contributed by atoms with Crippen molar-refractivity contribution in [1.29, 1.82) is 0 Å². The van der Waals surface area contributed by atoms with Gasteiger partial charge in [-0.15, -0.1) is 17.9 Å². The maximum Gasteiger partial charge on any atom is 0.263 e. The molecule has 0 amide bonds.